The number of nitrogens with one attached hydrogen (secondary N) is 1. The van der Waals surface area contributed by atoms with Crippen LogP contribution in [0.1, 0.15) is 11.3 Å². The highest BCUT2D eigenvalue weighted by Crippen LogP contribution is 2.28. The van der Waals surface area contributed by atoms with Gasteiger partial charge >= 0.3 is 0 Å². The molecular weight excluding hydrogens is 395 g/mol. The average Bonchev–Trinajstić information content (AvgIpc) is 3.23. The Morgan fingerprint density at radius 3 is 2.75 bits per heavy atom. The smallest absolute Gasteiger partial charge is 0.235 e. The average molecular weight is 413 g/mol. The molecule has 1 N–H and O–H groups in total. The summed E-state index contributed by atoms with van der Waals surface area (Å²) in [6, 6.07) is 14.3. The number of anilines is 1. The molecule has 0 radical (unpaired) electrons. The molecule has 0 unspecified atom stereocenters. The maximum atomic E-state index is 13.4. The van der Waals surface area contributed by atoms with Crippen LogP contribution in [0, 0.1) is 19.7 Å². The minimum atomic E-state index is -0.305. The molecule has 0 atom stereocenters. The van der Waals surface area contributed by atoms with Crippen LogP contribution >= 0.6 is 23.1 Å². The molecule has 0 saturated heterocycles. The minimum absolute atomic E-state index is 0.126. The Kier molecular flexibility index (Phi) is 5.15. The molecule has 0 saturated carbocycles. The molecule has 2 aromatic carbocycles. The van der Waals surface area contributed by atoms with Crippen molar-refractivity contribution in [2.24, 2.45) is 0 Å². The summed E-state index contributed by atoms with van der Waals surface area (Å²) in [7, 11) is 0. The van der Waals surface area contributed by atoms with E-state index >= 15 is 0 Å². The third kappa shape index (κ3) is 4.07. The number of carbonyl (C=O) groups excluding carboxylic acids is 1. The molecule has 2 aromatic heterocycles. The summed E-state index contributed by atoms with van der Waals surface area (Å²) in [5.74, 6) is 0.407. The van der Waals surface area contributed by atoms with Gasteiger partial charge in [0.05, 0.1) is 21.7 Å². The summed E-state index contributed by atoms with van der Waals surface area (Å²) in [5.41, 5.74) is 2.64. The predicted octanol–water partition coefficient (Wildman–Crippen LogP) is 4.97. The van der Waals surface area contributed by atoms with Gasteiger partial charge in [0.15, 0.2) is 0 Å². The van der Waals surface area contributed by atoms with Gasteiger partial charge in [-0.25, -0.2) is 9.37 Å². The van der Waals surface area contributed by atoms with Crippen LogP contribution in [0.2, 0.25) is 0 Å². The highest BCUT2D eigenvalue weighted by Gasteiger charge is 2.15. The van der Waals surface area contributed by atoms with Gasteiger partial charge in [0.1, 0.15) is 11.6 Å². The molecule has 0 aliphatic rings. The lowest BCUT2D eigenvalue weighted by atomic mass is 10.2. The monoisotopic (exact) mass is 412 g/mol. The topological polar surface area (TPSA) is 59.8 Å². The predicted molar refractivity (Wildman–Crippen MR) is 112 cm³/mol. The first-order chi connectivity index (χ1) is 13.5. The van der Waals surface area contributed by atoms with Crippen molar-refractivity contribution in [3.8, 4) is 5.13 Å². The minimum Gasteiger partial charge on any atom is -0.310 e. The lowest BCUT2D eigenvalue weighted by molar-refractivity contribution is -0.113. The van der Waals surface area contributed by atoms with E-state index in [9.17, 15) is 9.18 Å². The number of thioether (sulfide) groups is 1. The number of fused-ring (bicyclic) bond motifs is 1. The van der Waals surface area contributed by atoms with Crippen LogP contribution in [-0.2, 0) is 4.79 Å². The fraction of sp³-hybridized carbons (Fsp3) is 0.150. The van der Waals surface area contributed by atoms with Crippen LogP contribution in [0.15, 0.2) is 53.4 Å². The zero-order chi connectivity index (χ0) is 19.7. The molecule has 0 aliphatic carbocycles. The van der Waals surface area contributed by atoms with E-state index in [1.165, 1.54) is 40.8 Å². The Morgan fingerprint density at radius 2 is 1.96 bits per heavy atom. The normalized spacial score (nSPS) is 11.1. The van der Waals surface area contributed by atoms with Crippen molar-refractivity contribution in [3.05, 3.63) is 65.6 Å². The second kappa shape index (κ2) is 7.73. The van der Waals surface area contributed by atoms with E-state index in [4.69, 9.17) is 0 Å². The van der Waals surface area contributed by atoms with Gasteiger partial charge in [-0.15, -0.1) is 11.8 Å². The SMILES string of the molecule is Cc1ccc(SCC(=O)Nc2cc(C)nn2-c2nc3ccc(F)cc3s2)cc1. The van der Waals surface area contributed by atoms with E-state index in [2.05, 4.69) is 15.4 Å². The molecule has 0 bridgehead atoms. The van der Waals surface area contributed by atoms with Gasteiger partial charge in [0.2, 0.25) is 11.0 Å². The summed E-state index contributed by atoms with van der Waals surface area (Å²) in [4.78, 5) is 18.0. The van der Waals surface area contributed by atoms with Gasteiger partial charge in [-0.05, 0) is 44.2 Å². The molecule has 4 rings (SSSR count). The van der Waals surface area contributed by atoms with Gasteiger partial charge in [-0.2, -0.15) is 9.78 Å². The van der Waals surface area contributed by atoms with Crippen molar-refractivity contribution in [2.45, 2.75) is 18.7 Å². The highest BCUT2D eigenvalue weighted by atomic mass is 32.2. The molecule has 0 spiro atoms. The zero-order valence-electron chi connectivity index (χ0n) is 15.3. The van der Waals surface area contributed by atoms with E-state index in [-0.39, 0.29) is 11.7 Å². The van der Waals surface area contributed by atoms with Crippen molar-refractivity contribution in [1.29, 1.82) is 0 Å². The second-order valence-electron chi connectivity index (χ2n) is 6.34. The molecule has 4 aromatic rings. The summed E-state index contributed by atoms with van der Waals surface area (Å²) in [5, 5.41) is 7.91. The Bertz CT molecular complexity index is 1150. The van der Waals surface area contributed by atoms with Gasteiger partial charge in [0, 0.05) is 11.0 Å². The standard InChI is InChI=1S/C20H17FN4OS2/c1-12-3-6-15(7-4-12)27-11-19(26)23-18-9-13(2)24-25(18)20-22-16-8-5-14(21)10-17(16)28-20/h3-10H,11H2,1-2H3,(H,23,26). The molecule has 1 amide bonds. The van der Waals surface area contributed by atoms with Crippen LogP contribution < -0.4 is 5.32 Å². The Balaban J connectivity index is 1.52. The van der Waals surface area contributed by atoms with Gasteiger partial charge in [0.25, 0.3) is 0 Å². The number of thiazole rings is 1. The van der Waals surface area contributed by atoms with Crippen molar-refractivity contribution in [2.75, 3.05) is 11.1 Å². The van der Waals surface area contributed by atoms with Gasteiger partial charge < -0.3 is 5.32 Å². The number of amides is 1. The van der Waals surface area contributed by atoms with E-state index in [0.717, 1.165) is 15.3 Å². The van der Waals surface area contributed by atoms with E-state index in [1.807, 2.05) is 38.1 Å². The number of hydrogen-bond acceptors (Lipinski definition) is 5. The number of rotatable bonds is 5. The number of aromatic nitrogens is 3. The van der Waals surface area contributed by atoms with Gasteiger partial charge in [-0.3, -0.25) is 4.79 Å². The largest absolute Gasteiger partial charge is 0.310 e. The number of benzene rings is 2. The van der Waals surface area contributed by atoms with Crippen LogP contribution in [0.4, 0.5) is 10.2 Å². The molecule has 0 aliphatic heterocycles. The first kappa shape index (κ1) is 18.6. The van der Waals surface area contributed by atoms with Gasteiger partial charge in [-0.1, -0.05) is 29.0 Å². The third-order valence-electron chi connectivity index (χ3n) is 4.01. The summed E-state index contributed by atoms with van der Waals surface area (Å²) >= 11 is 2.80. The Hall–Kier alpha value is -2.71. The van der Waals surface area contributed by atoms with Crippen molar-refractivity contribution in [1.82, 2.24) is 14.8 Å². The Morgan fingerprint density at radius 1 is 1.18 bits per heavy atom. The zero-order valence-corrected chi connectivity index (χ0v) is 16.9. The molecule has 8 heteroatoms. The summed E-state index contributed by atoms with van der Waals surface area (Å²) < 4.78 is 15.8. The number of nitrogens with zero attached hydrogens (tertiary/aromatic N) is 3. The first-order valence-corrected chi connectivity index (χ1v) is 10.4. The quantitative estimate of drug-likeness (QED) is 0.470. The number of halogens is 1. The third-order valence-corrected chi connectivity index (χ3v) is 6.02. The summed E-state index contributed by atoms with van der Waals surface area (Å²) in [6.45, 7) is 3.88. The van der Waals surface area contributed by atoms with Crippen molar-refractivity contribution in [3.63, 3.8) is 0 Å². The second-order valence-corrected chi connectivity index (χ2v) is 8.40. The Labute approximate surface area is 169 Å². The molecule has 2 heterocycles. The fourth-order valence-corrected chi connectivity index (χ4v) is 4.33. The van der Waals surface area contributed by atoms with Crippen LogP contribution in [-0.4, -0.2) is 26.4 Å². The van der Waals surface area contributed by atoms with Crippen LogP contribution in [0.3, 0.4) is 0 Å². The first-order valence-electron chi connectivity index (χ1n) is 8.60. The van der Waals surface area contributed by atoms with E-state index in [1.54, 1.807) is 16.8 Å². The lowest BCUT2D eigenvalue weighted by Crippen LogP contribution is -2.16. The molecule has 5 nitrogen and oxygen atoms in total. The maximum Gasteiger partial charge on any atom is 0.235 e. The van der Waals surface area contributed by atoms with E-state index in [0.29, 0.717) is 22.2 Å². The van der Waals surface area contributed by atoms with Crippen molar-refractivity contribution < 1.29 is 9.18 Å². The maximum absolute atomic E-state index is 13.4. The molecule has 0 fully saturated rings. The fourth-order valence-electron chi connectivity index (χ4n) is 2.67. The van der Waals surface area contributed by atoms with E-state index < -0.39 is 0 Å². The number of aryl methyl sites for hydroxylation is 2. The number of carbonyl (C=O) groups is 1. The lowest BCUT2D eigenvalue weighted by Gasteiger charge is -2.06. The molecule has 28 heavy (non-hydrogen) atoms. The summed E-state index contributed by atoms with van der Waals surface area (Å²) in [6.07, 6.45) is 0. The molecular formula is C20H17FN4OS2. The highest BCUT2D eigenvalue weighted by molar-refractivity contribution is 8.00. The van der Waals surface area contributed by atoms with Crippen LogP contribution in [0.5, 0.6) is 0 Å². The van der Waals surface area contributed by atoms with Crippen LogP contribution in [0.25, 0.3) is 15.3 Å². The number of hydrogen-bond donors (Lipinski definition) is 1. The molecule has 142 valence electrons. The van der Waals surface area contributed by atoms with Crippen molar-refractivity contribution >= 4 is 45.0 Å².